The second kappa shape index (κ2) is 7.89. The zero-order valence-electron chi connectivity index (χ0n) is 14.6. The molecule has 0 saturated carbocycles. The van der Waals surface area contributed by atoms with Crippen molar-refractivity contribution in [2.24, 2.45) is 0 Å². The van der Waals surface area contributed by atoms with Crippen LogP contribution in [0.1, 0.15) is 23.1 Å². The lowest BCUT2D eigenvalue weighted by atomic mass is 10.1. The van der Waals surface area contributed by atoms with E-state index < -0.39 is 0 Å². The molecule has 1 heterocycles. The number of carbonyl (C=O) groups is 1. The Morgan fingerprint density at radius 1 is 1.12 bits per heavy atom. The summed E-state index contributed by atoms with van der Waals surface area (Å²) < 4.78 is 1.13. The molecule has 0 saturated heterocycles. The number of nitrogens with zero attached hydrogens (tertiary/aromatic N) is 1. The number of fused-ring (bicyclic) bond motifs is 1. The molecule has 130 valence electrons. The molecule has 1 amide bonds. The number of benzene rings is 2. The van der Waals surface area contributed by atoms with Crippen molar-refractivity contribution in [3.05, 3.63) is 53.1 Å². The predicted molar refractivity (Wildman–Crippen MR) is 107 cm³/mol. The molecule has 0 spiro atoms. The number of nitrogens with one attached hydrogen (secondary N) is 2. The number of thiazole rings is 1. The molecule has 4 nitrogen and oxygen atoms in total. The van der Waals surface area contributed by atoms with Crippen molar-refractivity contribution >= 4 is 44.4 Å². The van der Waals surface area contributed by atoms with Gasteiger partial charge in [0.2, 0.25) is 11.0 Å². The van der Waals surface area contributed by atoms with Gasteiger partial charge in [-0.1, -0.05) is 35.1 Å². The lowest BCUT2D eigenvalue weighted by Crippen LogP contribution is -2.29. The van der Waals surface area contributed by atoms with E-state index in [9.17, 15) is 4.79 Å². The SMILES string of the molecule is Cc1ccc(SCCC(=O)NNc2nc3c(C)cc(C)cc3s2)cc1. The van der Waals surface area contributed by atoms with Gasteiger partial charge in [-0.2, -0.15) is 0 Å². The minimum absolute atomic E-state index is 0.0354. The number of hydrogen-bond acceptors (Lipinski definition) is 5. The lowest BCUT2D eigenvalue weighted by Gasteiger charge is -2.05. The minimum Gasteiger partial charge on any atom is -0.273 e. The first-order chi connectivity index (χ1) is 12.0. The number of rotatable bonds is 6. The van der Waals surface area contributed by atoms with Gasteiger partial charge >= 0.3 is 0 Å². The molecule has 2 aromatic carbocycles. The molecule has 0 aliphatic heterocycles. The Morgan fingerprint density at radius 3 is 2.64 bits per heavy atom. The third kappa shape index (κ3) is 4.74. The first kappa shape index (κ1) is 17.8. The van der Waals surface area contributed by atoms with Gasteiger partial charge in [-0.05, 0) is 50.1 Å². The van der Waals surface area contributed by atoms with Crippen molar-refractivity contribution in [1.82, 2.24) is 10.4 Å². The third-order valence-electron chi connectivity index (χ3n) is 3.76. The van der Waals surface area contributed by atoms with E-state index in [0.717, 1.165) is 21.5 Å². The van der Waals surface area contributed by atoms with Crippen LogP contribution in [0.15, 0.2) is 41.3 Å². The number of hydrazine groups is 1. The highest BCUT2D eigenvalue weighted by Crippen LogP contribution is 2.28. The lowest BCUT2D eigenvalue weighted by molar-refractivity contribution is -0.120. The largest absolute Gasteiger partial charge is 0.273 e. The van der Waals surface area contributed by atoms with Gasteiger partial charge in [0.25, 0.3) is 0 Å². The first-order valence-electron chi connectivity index (χ1n) is 8.13. The van der Waals surface area contributed by atoms with E-state index >= 15 is 0 Å². The Kier molecular flexibility index (Phi) is 5.60. The summed E-state index contributed by atoms with van der Waals surface area (Å²) in [6.07, 6.45) is 0.453. The normalized spacial score (nSPS) is 10.8. The molecule has 0 unspecified atom stereocenters. The first-order valence-corrected chi connectivity index (χ1v) is 9.93. The Morgan fingerprint density at radius 2 is 1.88 bits per heavy atom. The van der Waals surface area contributed by atoms with E-state index in [1.807, 2.05) is 0 Å². The van der Waals surface area contributed by atoms with Crippen LogP contribution in [-0.4, -0.2) is 16.6 Å². The molecule has 0 bridgehead atoms. The Bertz CT molecular complexity index is 888. The molecule has 2 N–H and O–H groups in total. The van der Waals surface area contributed by atoms with E-state index in [2.05, 4.69) is 73.0 Å². The van der Waals surface area contributed by atoms with Gasteiger partial charge < -0.3 is 0 Å². The van der Waals surface area contributed by atoms with Gasteiger partial charge in [0.05, 0.1) is 10.2 Å². The van der Waals surface area contributed by atoms with Gasteiger partial charge in [0, 0.05) is 17.1 Å². The van der Waals surface area contributed by atoms with Crippen molar-refractivity contribution in [2.45, 2.75) is 32.1 Å². The molecule has 1 aromatic heterocycles. The van der Waals surface area contributed by atoms with Crippen LogP contribution in [0.4, 0.5) is 5.13 Å². The highest BCUT2D eigenvalue weighted by Gasteiger charge is 2.08. The number of hydrogen-bond donors (Lipinski definition) is 2. The van der Waals surface area contributed by atoms with Crippen LogP contribution in [-0.2, 0) is 4.79 Å². The molecule has 6 heteroatoms. The average molecular weight is 372 g/mol. The Hall–Kier alpha value is -2.05. The third-order valence-corrected chi connectivity index (χ3v) is 5.69. The van der Waals surface area contributed by atoms with Crippen LogP contribution in [0.25, 0.3) is 10.2 Å². The number of thioether (sulfide) groups is 1. The van der Waals surface area contributed by atoms with Gasteiger partial charge in [-0.15, -0.1) is 11.8 Å². The fraction of sp³-hybridized carbons (Fsp3) is 0.263. The summed E-state index contributed by atoms with van der Waals surface area (Å²) in [4.78, 5) is 17.7. The second-order valence-electron chi connectivity index (χ2n) is 6.03. The summed E-state index contributed by atoms with van der Waals surface area (Å²) in [6.45, 7) is 6.20. The van der Waals surface area contributed by atoms with E-state index in [-0.39, 0.29) is 5.91 Å². The fourth-order valence-electron chi connectivity index (χ4n) is 2.51. The number of amides is 1. The van der Waals surface area contributed by atoms with Crippen LogP contribution in [0.2, 0.25) is 0 Å². The van der Waals surface area contributed by atoms with Crippen LogP contribution in [0, 0.1) is 20.8 Å². The molecule has 0 aliphatic carbocycles. The second-order valence-corrected chi connectivity index (χ2v) is 8.23. The number of anilines is 1. The zero-order chi connectivity index (χ0) is 17.8. The highest BCUT2D eigenvalue weighted by molar-refractivity contribution is 7.99. The average Bonchev–Trinajstić information content (AvgIpc) is 2.98. The molecule has 3 rings (SSSR count). The summed E-state index contributed by atoms with van der Waals surface area (Å²) in [6, 6.07) is 12.6. The van der Waals surface area contributed by atoms with Crippen LogP contribution in [0.3, 0.4) is 0 Å². The standard InChI is InChI=1S/C19H21N3OS2/c1-12-4-6-15(7-5-12)24-9-8-17(23)21-22-19-20-18-14(3)10-13(2)11-16(18)25-19/h4-7,10-11H,8-9H2,1-3H3,(H,20,22)(H,21,23). The van der Waals surface area contributed by atoms with Gasteiger partial charge in [0.1, 0.15) is 0 Å². The monoisotopic (exact) mass is 371 g/mol. The fourth-order valence-corrected chi connectivity index (χ4v) is 4.35. The smallest absolute Gasteiger partial charge is 0.239 e. The molecule has 0 fully saturated rings. The summed E-state index contributed by atoms with van der Waals surface area (Å²) in [5.74, 6) is 0.709. The van der Waals surface area contributed by atoms with E-state index in [4.69, 9.17) is 0 Å². The van der Waals surface area contributed by atoms with Crippen molar-refractivity contribution in [1.29, 1.82) is 0 Å². The maximum atomic E-state index is 12.0. The van der Waals surface area contributed by atoms with Crippen molar-refractivity contribution in [2.75, 3.05) is 11.2 Å². The number of aryl methyl sites for hydroxylation is 3. The Labute approximate surface area is 156 Å². The van der Waals surface area contributed by atoms with Gasteiger partial charge in [-0.25, -0.2) is 4.98 Å². The van der Waals surface area contributed by atoms with Crippen LogP contribution >= 0.6 is 23.1 Å². The van der Waals surface area contributed by atoms with Gasteiger partial charge in [-0.3, -0.25) is 15.6 Å². The predicted octanol–water partition coefficient (Wildman–Crippen LogP) is 4.85. The van der Waals surface area contributed by atoms with E-state index in [0.29, 0.717) is 11.6 Å². The quantitative estimate of drug-likeness (QED) is 0.480. The molecule has 0 aliphatic rings. The zero-order valence-corrected chi connectivity index (χ0v) is 16.2. The minimum atomic E-state index is -0.0354. The Balaban J connectivity index is 1.49. The van der Waals surface area contributed by atoms with Crippen molar-refractivity contribution in [3.8, 4) is 0 Å². The van der Waals surface area contributed by atoms with Gasteiger partial charge in [0.15, 0.2) is 0 Å². The van der Waals surface area contributed by atoms with E-state index in [1.54, 1.807) is 23.1 Å². The summed E-state index contributed by atoms with van der Waals surface area (Å²) in [5, 5.41) is 0.711. The summed E-state index contributed by atoms with van der Waals surface area (Å²) in [7, 11) is 0. The molecule has 3 aromatic rings. The number of aromatic nitrogens is 1. The summed E-state index contributed by atoms with van der Waals surface area (Å²) in [5.41, 5.74) is 10.3. The topological polar surface area (TPSA) is 54.0 Å². The molecular weight excluding hydrogens is 350 g/mol. The maximum absolute atomic E-state index is 12.0. The van der Waals surface area contributed by atoms with Crippen LogP contribution in [0.5, 0.6) is 0 Å². The molecule has 0 atom stereocenters. The van der Waals surface area contributed by atoms with Crippen molar-refractivity contribution in [3.63, 3.8) is 0 Å². The van der Waals surface area contributed by atoms with Crippen LogP contribution < -0.4 is 10.9 Å². The number of carbonyl (C=O) groups excluding carboxylic acids is 1. The van der Waals surface area contributed by atoms with Crippen molar-refractivity contribution < 1.29 is 4.79 Å². The highest BCUT2D eigenvalue weighted by atomic mass is 32.2. The maximum Gasteiger partial charge on any atom is 0.239 e. The summed E-state index contributed by atoms with van der Waals surface area (Å²) >= 11 is 3.23. The molecular formula is C19H21N3OS2. The molecule has 25 heavy (non-hydrogen) atoms. The van der Waals surface area contributed by atoms with E-state index in [1.165, 1.54) is 16.0 Å². The molecule has 0 radical (unpaired) electrons.